The topological polar surface area (TPSA) is 24.5 Å². The van der Waals surface area contributed by atoms with Gasteiger partial charge in [-0.2, -0.15) is 0 Å². The zero-order chi connectivity index (χ0) is 12.7. The summed E-state index contributed by atoms with van der Waals surface area (Å²) >= 11 is 5.28. The van der Waals surface area contributed by atoms with E-state index in [0.717, 1.165) is 26.2 Å². The van der Waals surface area contributed by atoms with Crippen LogP contribution in [0.15, 0.2) is 15.9 Å². The fourth-order valence-electron chi connectivity index (χ4n) is 1.48. The molecule has 0 aliphatic carbocycles. The van der Waals surface area contributed by atoms with Crippen LogP contribution in [-0.2, 0) is 11.3 Å². The van der Waals surface area contributed by atoms with Gasteiger partial charge >= 0.3 is 0 Å². The lowest BCUT2D eigenvalue weighted by Crippen LogP contribution is -2.38. The molecule has 0 bridgehead atoms. The van der Waals surface area contributed by atoms with Crippen molar-refractivity contribution < 1.29 is 4.74 Å². The zero-order valence-electron chi connectivity index (χ0n) is 10.7. The molecule has 3 nitrogen and oxygen atoms in total. The maximum Gasteiger partial charge on any atom is 0.0587 e. The lowest BCUT2D eigenvalue weighted by Gasteiger charge is -2.24. The molecule has 0 spiro atoms. The van der Waals surface area contributed by atoms with Gasteiger partial charge in [0.05, 0.1) is 6.61 Å². The van der Waals surface area contributed by atoms with Gasteiger partial charge in [-0.1, -0.05) is 0 Å². The van der Waals surface area contributed by atoms with Crippen molar-refractivity contribution >= 4 is 27.3 Å². The molecule has 1 N–H and O–H groups in total. The molecule has 0 saturated carbocycles. The molecule has 0 saturated heterocycles. The van der Waals surface area contributed by atoms with Crippen LogP contribution in [0.5, 0.6) is 0 Å². The first-order chi connectivity index (χ1) is 8.13. The van der Waals surface area contributed by atoms with Crippen molar-refractivity contribution in [1.82, 2.24) is 10.2 Å². The summed E-state index contributed by atoms with van der Waals surface area (Å²) in [6, 6.07) is 2.71. The molecule has 0 amide bonds. The average molecular weight is 321 g/mol. The quantitative estimate of drug-likeness (QED) is 0.745. The molecule has 98 valence electrons. The van der Waals surface area contributed by atoms with Crippen molar-refractivity contribution in [1.29, 1.82) is 0 Å². The van der Waals surface area contributed by atoms with E-state index in [2.05, 4.69) is 51.6 Å². The van der Waals surface area contributed by atoms with Crippen LogP contribution >= 0.6 is 27.3 Å². The predicted molar refractivity (Wildman–Crippen MR) is 77.7 cm³/mol. The fraction of sp³-hybridized carbons (Fsp3) is 0.667. The molecule has 1 rings (SSSR count). The van der Waals surface area contributed by atoms with Crippen LogP contribution < -0.4 is 5.32 Å². The SMILES string of the molecule is COCCNCC(C)N(C)Cc1cc(Br)cs1. The van der Waals surface area contributed by atoms with Crippen molar-refractivity contribution in [3.05, 3.63) is 20.8 Å². The van der Waals surface area contributed by atoms with Gasteiger partial charge in [-0.25, -0.2) is 0 Å². The zero-order valence-corrected chi connectivity index (χ0v) is 13.1. The number of nitrogens with zero attached hydrogens (tertiary/aromatic N) is 1. The first-order valence-corrected chi connectivity index (χ1v) is 7.43. The first-order valence-electron chi connectivity index (χ1n) is 5.76. The molecule has 1 aromatic rings. The molecule has 0 aromatic carbocycles. The predicted octanol–water partition coefficient (Wildman–Crippen LogP) is 2.57. The Balaban J connectivity index is 2.24. The Morgan fingerprint density at radius 3 is 2.94 bits per heavy atom. The third kappa shape index (κ3) is 5.97. The molecule has 1 aromatic heterocycles. The largest absolute Gasteiger partial charge is 0.383 e. The van der Waals surface area contributed by atoms with E-state index in [1.54, 1.807) is 18.4 Å². The number of rotatable bonds is 8. The molecule has 1 heterocycles. The Morgan fingerprint density at radius 1 is 1.59 bits per heavy atom. The number of methoxy groups -OCH3 is 1. The molecule has 5 heteroatoms. The van der Waals surface area contributed by atoms with E-state index < -0.39 is 0 Å². The van der Waals surface area contributed by atoms with Crippen LogP contribution in [0, 0.1) is 0 Å². The summed E-state index contributed by atoms with van der Waals surface area (Å²) in [5.41, 5.74) is 0. The maximum atomic E-state index is 5.00. The smallest absolute Gasteiger partial charge is 0.0587 e. The molecule has 0 fully saturated rings. The second-order valence-electron chi connectivity index (χ2n) is 4.19. The monoisotopic (exact) mass is 320 g/mol. The lowest BCUT2D eigenvalue weighted by atomic mass is 10.3. The highest BCUT2D eigenvalue weighted by Crippen LogP contribution is 2.21. The highest BCUT2D eigenvalue weighted by atomic mass is 79.9. The van der Waals surface area contributed by atoms with E-state index in [1.807, 2.05) is 0 Å². The Labute approximate surface area is 116 Å². The van der Waals surface area contributed by atoms with E-state index in [0.29, 0.717) is 6.04 Å². The lowest BCUT2D eigenvalue weighted by molar-refractivity contribution is 0.191. The highest BCUT2D eigenvalue weighted by Gasteiger charge is 2.10. The van der Waals surface area contributed by atoms with Gasteiger partial charge in [-0.3, -0.25) is 4.90 Å². The standard InChI is InChI=1S/C12H21BrN2OS/c1-10(7-14-4-5-16-3)15(2)8-12-6-11(13)9-17-12/h6,9-10,14H,4-5,7-8H2,1-3H3. The van der Waals surface area contributed by atoms with Crippen LogP contribution in [0.3, 0.4) is 0 Å². The van der Waals surface area contributed by atoms with E-state index >= 15 is 0 Å². The van der Waals surface area contributed by atoms with Crippen molar-refractivity contribution in [2.75, 3.05) is 33.9 Å². The number of hydrogen-bond acceptors (Lipinski definition) is 4. The minimum atomic E-state index is 0.521. The van der Waals surface area contributed by atoms with Crippen LogP contribution in [0.25, 0.3) is 0 Å². The molecule has 1 unspecified atom stereocenters. The summed E-state index contributed by atoms with van der Waals surface area (Å²) in [4.78, 5) is 3.75. The molecule has 17 heavy (non-hydrogen) atoms. The molecule has 0 aliphatic rings. The van der Waals surface area contributed by atoms with Crippen molar-refractivity contribution in [3.8, 4) is 0 Å². The second-order valence-corrected chi connectivity index (χ2v) is 6.10. The Kier molecular flexibility index (Phi) is 7.30. The second kappa shape index (κ2) is 8.21. The number of likely N-dealkylation sites (N-methyl/N-ethyl adjacent to an activating group) is 1. The third-order valence-corrected chi connectivity index (χ3v) is 4.38. The van der Waals surface area contributed by atoms with Gasteiger partial charge in [-0.15, -0.1) is 11.3 Å². The third-order valence-electron chi connectivity index (χ3n) is 2.70. The maximum absolute atomic E-state index is 5.00. The minimum Gasteiger partial charge on any atom is -0.383 e. The van der Waals surface area contributed by atoms with Gasteiger partial charge < -0.3 is 10.1 Å². The van der Waals surface area contributed by atoms with E-state index in [1.165, 1.54) is 9.35 Å². The van der Waals surface area contributed by atoms with Crippen LogP contribution in [0.4, 0.5) is 0 Å². The molecule has 0 aliphatic heterocycles. The van der Waals surface area contributed by atoms with Gasteiger partial charge in [0.25, 0.3) is 0 Å². The van der Waals surface area contributed by atoms with Crippen molar-refractivity contribution in [2.24, 2.45) is 0 Å². The summed E-state index contributed by atoms with van der Waals surface area (Å²) in [7, 11) is 3.89. The summed E-state index contributed by atoms with van der Waals surface area (Å²) < 4.78 is 6.18. The van der Waals surface area contributed by atoms with Gasteiger partial charge in [0.1, 0.15) is 0 Å². The fourth-order valence-corrected chi connectivity index (χ4v) is 2.99. The first kappa shape index (κ1) is 15.1. The van der Waals surface area contributed by atoms with Crippen LogP contribution in [0.1, 0.15) is 11.8 Å². The number of hydrogen-bond donors (Lipinski definition) is 1. The molecule has 1 atom stereocenters. The van der Waals surface area contributed by atoms with Gasteiger partial charge in [-0.05, 0) is 36.0 Å². The highest BCUT2D eigenvalue weighted by molar-refractivity contribution is 9.10. The summed E-state index contributed by atoms with van der Waals surface area (Å²) in [6.45, 7) is 5.92. The van der Waals surface area contributed by atoms with E-state index in [4.69, 9.17) is 4.74 Å². The molecular weight excluding hydrogens is 300 g/mol. The van der Waals surface area contributed by atoms with Gasteiger partial charge in [0.2, 0.25) is 0 Å². The molecule has 0 radical (unpaired) electrons. The number of ether oxygens (including phenoxy) is 1. The van der Waals surface area contributed by atoms with Crippen molar-refractivity contribution in [3.63, 3.8) is 0 Å². The normalized spacial score (nSPS) is 13.2. The number of thiophene rings is 1. The van der Waals surface area contributed by atoms with Gasteiger partial charge in [0, 0.05) is 47.5 Å². The van der Waals surface area contributed by atoms with Crippen LogP contribution in [0.2, 0.25) is 0 Å². The molecular formula is C12H21BrN2OS. The van der Waals surface area contributed by atoms with E-state index in [-0.39, 0.29) is 0 Å². The minimum absolute atomic E-state index is 0.521. The average Bonchev–Trinajstić information content (AvgIpc) is 2.70. The Hall–Kier alpha value is 0.0600. The summed E-state index contributed by atoms with van der Waals surface area (Å²) in [6.07, 6.45) is 0. The van der Waals surface area contributed by atoms with Gasteiger partial charge in [0.15, 0.2) is 0 Å². The van der Waals surface area contributed by atoms with E-state index in [9.17, 15) is 0 Å². The van der Waals surface area contributed by atoms with Crippen molar-refractivity contribution in [2.45, 2.75) is 19.5 Å². The number of halogens is 1. The summed E-state index contributed by atoms with van der Waals surface area (Å²) in [5.74, 6) is 0. The Bertz CT molecular complexity index is 319. The summed E-state index contributed by atoms with van der Waals surface area (Å²) in [5, 5.41) is 5.52. The van der Waals surface area contributed by atoms with Crippen LogP contribution in [-0.4, -0.2) is 44.8 Å². The number of nitrogens with one attached hydrogen (secondary N) is 1. The Morgan fingerprint density at radius 2 is 2.35 bits per heavy atom.